The molecular weight excluding hydrogens is 464 g/mol. The first-order valence-corrected chi connectivity index (χ1v) is 10.8. The van der Waals surface area contributed by atoms with Crippen molar-refractivity contribution in [2.45, 2.75) is 0 Å². The predicted octanol–water partition coefficient (Wildman–Crippen LogP) is 1.97. The van der Waals surface area contributed by atoms with E-state index in [4.69, 9.17) is 4.74 Å². The van der Waals surface area contributed by atoms with Gasteiger partial charge in [0.1, 0.15) is 5.75 Å². The van der Waals surface area contributed by atoms with E-state index in [1.54, 1.807) is 31.4 Å². The van der Waals surface area contributed by atoms with Crippen molar-refractivity contribution in [1.29, 1.82) is 0 Å². The van der Waals surface area contributed by atoms with E-state index in [2.05, 4.69) is 31.5 Å². The number of hydrogen-bond acceptors (Lipinski definition) is 5. The van der Waals surface area contributed by atoms with Crippen molar-refractivity contribution >= 4 is 39.3 Å². The van der Waals surface area contributed by atoms with E-state index in [0.717, 1.165) is 17.6 Å². The number of rotatable bonds is 6. The third kappa shape index (κ3) is 6.53. The largest absolute Gasteiger partial charge is 0.497 e. The van der Waals surface area contributed by atoms with Crippen LogP contribution in [0.1, 0.15) is 10.4 Å². The number of nitrogens with zero attached hydrogens (tertiary/aromatic N) is 2. The summed E-state index contributed by atoms with van der Waals surface area (Å²) < 4.78 is 6.00. The molecule has 0 unspecified atom stereocenters. The van der Waals surface area contributed by atoms with Gasteiger partial charge in [-0.3, -0.25) is 19.3 Å². The second kappa shape index (κ2) is 10.9. The second-order valence-electron chi connectivity index (χ2n) is 7.08. The van der Waals surface area contributed by atoms with Crippen LogP contribution in [0.3, 0.4) is 0 Å². The molecule has 2 aromatic rings. The highest BCUT2D eigenvalue weighted by molar-refractivity contribution is 9.10. The summed E-state index contributed by atoms with van der Waals surface area (Å²) in [4.78, 5) is 40.6. The Morgan fingerprint density at radius 3 is 2.19 bits per heavy atom. The van der Waals surface area contributed by atoms with Crippen LogP contribution in [0.25, 0.3) is 0 Å². The van der Waals surface area contributed by atoms with Crippen molar-refractivity contribution in [3.63, 3.8) is 0 Å². The van der Waals surface area contributed by atoms with E-state index in [1.165, 1.54) is 0 Å². The topological polar surface area (TPSA) is 91.0 Å². The number of anilines is 1. The summed E-state index contributed by atoms with van der Waals surface area (Å²) in [6.07, 6.45) is 0. The average molecular weight is 489 g/mol. The van der Waals surface area contributed by atoms with Crippen LogP contribution in [0.5, 0.6) is 5.75 Å². The molecule has 0 radical (unpaired) electrons. The Kier molecular flexibility index (Phi) is 8.02. The maximum Gasteiger partial charge on any atom is 0.313 e. The SMILES string of the molecule is COc1ccc(NC(=O)C(=O)NCCN2CCN(C(=O)c3ccc(Br)cc3)CC2)cc1. The molecule has 1 heterocycles. The fourth-order valence-corrected chi connectivity index (χ4v) is 3.48. The van der Waals surface area contributed by atoms with E-state index < -0.39 is 11.8 Å². The third-order valence-corrected chi connectivity index (χ3v) is 5.55. The van der Waals surface area contributed by atoms with Gasteiger partial charge in [-0.25, -0.2) is 0 Å². The molecule has 9 heteroatoms. The molecule has 0 saturated carbocycles. The molecule has 1 aliphatic rings. The number of amides is 3. The zero-order valence-electron chi connectivity index (χ0n) is 17.3. The van der Waals surface area contributed by atoms with Gasteiger partial charge in [0.05, 0.1) is 7.11 Å². The quantitative estimate of drug-likeness (QED) is 0.606. The second-order valence-corrected chi connectivity index (χ2v) is 7.99. The molecule has 0 aromatic heterocycles. The number of methoxy groups -OCH3 is 1. The molecular formula is C22H25BrN4O4. The molecule has 0 aliphatic carbocycles. The first kappa shape index (κ1) is 22.8. The van der Waals surface area contributed by atoms with Crippen LogP contribution in [0.4, 0.5) is 5.69 Å². The zero-order valence-corrected chi connectivity index (χ0v) is 18.9. The van der Waals surface area contributed by atoms with Gasteiger partial charge in [-0.05, 0) is 48.5 Å². The highest BCUT2D eigenvalue weighted by atomic mass is 79.9. The predicted molar refractivity (Wildman–Crippen MR) is 121 cm³/mol. The van der Waals surface area contributed by atoms with Crippen LogP contribution >= 0.6 is 15.9 Å². The molecule has 0 spiro atoms. The highest BCUT2D eigenvalue weighted by Gasteiger charge is 2.22. The standard InChI is InChI=1S/C22H25BrN4O4/c1-31-19-8-6-18(7-9-19)25-21(29)20(28)24-10-11-26-12-14-27(15-13-26)22(30)16-2-4-17(23)5-3-16/h2-9H,10-15H2,1H3,(H,24,28)(H,25,29). The van der Waals surface area contributed by atoms with Gasteiger partial charge in [-0.15, -0.1) is 0 Å². The number of benzene rings is 2. The Hall–Kier alpha value is -2.91. The van der Waals surface area contributed by atoms with Crippen molar-refractivity contribution in [2.75, 3.05) is 51.7 Å². The maximum atomic E-state index is 12.6. The summed E-state index contributed by atoms with van der Waals surface area (Å²) in [5, 5.41) is 5.19. The number of carbonyl (C=O) groups is 3. The zero-order chi connectivity index (χ0) is 22.2. The molecule has 3 amide bonds. The van der Waals surface area contributed by atoms with Gasteiger partial charge in [0.15, 0.2) is 0 Å². The lowest BCUT2D eigenvalue weighted by Gasteiger charge is -2.34. The molecule has 0 atom stereocenters. The molecule has 1 saturated heterocycles. The lowest BCUT2D eigenvalue weighted by molar-refractivity contribution is -0.136. The lowest BCUT2D eigenvalue weighted by Crippen LogP contribution is -2.50. The van der Waals surface area contributed by atoms with E-state index in [0.29, 0.717) is 43.2 Å². The van der Waals surface area contributed by atoms with Crippen LogP contribution in [0.15, 0.2) is 53.0 Å². The number of piperazine rings is 1. The molecule has 3 rings (SSSR count). The molecule has 0 bridgehead atoms. The fraction of sp³-hybridized carbons (Fsp3) is 0.318. The molecule has 1 fully saturated rings. The molecule has 164 valence electrons. The van der Waals surface area contributed by atoms with Crippen molar-refractivity contribution in [3.8, 4) is 5.75 Å². The van der Waals surface area contributed by atoms with Crippen molar-refractivity contribution < 1.29 is 19.1 Å². The first-order chi connectivity index (χ1) is 15.0. The Morgan fingerprint density at radius 1 is 0.935 bits per heavy atom. The molecule has 8 nitrogen and oxygen atoms in total. The molecule has 1 aliphatic heterocycles. The number of hydrogen-bond donors (Lipinski definition) is 2. The van der Waals surface area contributed by atoms with E-state index in [9.17, 15) is 14.4 Å². The monoisotopic (exact) mass is 488 g/mol. The van der Waals surface area contributed by atoms with Gasteiger partial charge >= 0.3 is 11.8 Å². The minimum Gasteiger partial charge on any atom is -0.497 e. The normalized spacial score (nSPS) is 14.1. The van der Waals surface area contributed by atoms with Gasteiger partial charge in [-0.2, -0.15) is 0 Å². The third-order valence-electron chi connectivity index (χ3n) is 5.02. The first-order valence-electron chi connectivity index (χ1n) is 9.96. The average Bonchev–Trinajstić information content (AvgIpc) is 2.80. The van der Waals surface area contributed by atoms with E-state index in [1.807, 2.05) is 29.2 Å². The Balaban J connectivity index is 1.36. The van der Waals surface area contributed by atoms with Crippen molar-refractivity contribution in [3.05, 3.63) is 58.6 Å². The van der Waals surface area contributed by atoms with E-state index >= 15 is 0 Å². The minimum absolute atomic E-state index is 0.0238. The summed E-state index contributed by atoms with van der Waals surface area (Å²) in [6.45, 7) is 3.66. The Bertz CT molecular complexity index is 910. The van der Waals surface area contributed by atoms with Gasteiger partial charge in [0.25, 0.3) is 5.91 Å². The molecule has 31 heavy (non-hydrogen) atoms. The molecule has 2 aromatic carbocycles. The number of nitrogens with one attached hydrogen (secondary N) is 2. The summed E-state index contributed by atoms with van der Waals surface area (Å²) in [5.74, 6) is -0.702. The summed E-state index contributed by atoms with van der Waals surface area (Å²) >= 11 is 3.37. The smallest absolute Gasteiger partial charge is 0.313 e. The number of halogens is 1. The van der Waals surface area contributed by atoms with Crippen LogP contribution in [-0.2, 0) is 9.59 Å². The number of carbonyl (C=O) groups excluding carboxylic acids is 3. The minimum atomic E-state index is -0.713. The van der Waals surface area contributed by atoms with E-state index in [-0.39, 0.29) is 5.91 Å². The van der Waals surface area contributed by atoms with Crippen LogP contribution < -0.4 is 15.4 Å². The summed E-state index contributed by atoms with van der Waals surface area (Å²) in [7, 11) is 1.56. The summed E-state index contributed by atoms with van der Waals surface area (Å²) in [6, 6.07) is 14.1. The van der Waals surface area contributed by atoms with Gasteiger partial charge in [0, 0.05) is 55.0 Å². The van der Waals surface area contributed by atoms with Gasteiger partial charge < -0.3 is 20.3 Å². The highest BCUT2D eigenvalue weighted by Crippen LogP contribution is 2.15. The fourth-order valence-electron chi connectivity index (χ4n) is 3.22. The van der Waals surface area contributed by atoms with Crippen LogP contribution in [-0.4, -0.2) is 73.9 Å². The lowest BCUT2D eigenvalue weighted by atomic mass is 10.2. The van der Waals surface area contributed by atoms with Gasteiger partial charge in [0.2, 0.25) is 0 Å². The van der Waals surface area contributed by atoms with Gasteiger partial charge in [-0.1, -0.05) is 15.9 Å². The van der Waals surface area contributed by atoms with Crippen LogP contribution in [0.2, 0.25) is 0 Å². The Labute approximate surface area is 189 Å². The summed E-state index contributed by atoms with van der Waals surface area (Å²) in [5.41, 5.74) is 1.19. The Morgan fingerprint density at radius 2 is 1.58 bits per heavy atom. The maximum absolute atomic E-state index is 12.6. The van der Waals surface area contributed by atoms with Crippen molar-refractivity contribution in [2.24, 2.45) is 0 Å². The van der Waals surface area contributed by atoms with Crippen molar-refractivity contribution in [1.82, 2.24) is 15.1 Å². The van der Waals surface area contributed by atoms with Crippen LogP contribution in [0, 0.1) is 0 Å². The molecule has 2 N–H and O–H groups in total. The number of ether oxygens (including phenoxy) is 1.